The first-order valence-electron chi connectivity index (χ1n) is 7.56. The number of aromatic amines is 1. The molecule has 3 aromatic rings. The summed E-state index contributed by atoms with van der Waals surface area (Å²) in [7, 11) is 0. The molecule has 0 fully saturated rings. The molecule has 0 spiro atoms. The number of thioether (sulfide) groups is 1. The second-order valence-electron chi connectivity index (χ2n) is 5.53. The van der Waals surface area contributed by atoms with E-state index >= 15 is 0 Å². The summed E-state index contributed by atoms with van der Waals surface area (Å²) in [5.41, 5.74) is 4.21. The Kier molecular flexibility index (Phi) is 4.67. The number of carbonyl (C=O) groups excluding carboxylic acids is 1. The number of carbonyl (C=O) groups is 1. The van der Waals surface area contributed by atoms with Crippen LogP contribution in [0.15, 0.2) is 53.7 Å². The summed E-state index contributed by atoms with van der Waals surface area (Å²) >= 11 is 1.44. The molecule has 1 unspecified atom stereocenters. The van der Waals surface area contributed by atoms with Gasteiger partial charge in [-0.3, -0.25) is 4.79 Å². The molecule has 2 aromatic carbocycles. The zero-order valence-corrected chi connectivity index (χ0v) is 14.0. The monoisotopic (exact) mass is 325 g/mol. The van der Waals surface area contributed by atoms with E-state index in [0.717, 1.165) is 21.8 Å². The minimum absolute atomic E-state index is 0.00971. The molecule has 1 aromatic heterocycles. The maximum Gasteiger partial charge on any atom is 0.233 e. The molecule has 0 aliphatic rings. The summed E-state index contributed by atoms with van der Waals surface area (Å²) in [6.07, 6.45) is 0. The van der Waals surface area contributed by atoms with Gasteiger partial charge in [-0.25, -0.2) is 4.98 Å². The van der Waals surface area contributed by atoms with Gasteiger partial charge < -0.3 is 10.3 Å². The number of hydrogen-bond acceptors (Lipinski definition) is 3. The van der Waals surface area contributed by atoms with Gasteiger partial charge in [-0.2, -0.15) is 0 Å². The SMILES string of the molecule is Cc1ccc2nc(SC(C)C(=O)NCc3ccccc3)[nH]c2c1. The van der Waals surface area contributed by atoms with Crippen molar-refractivity contribution in [3.63, 3.8) is 0 Å². The van der Waals surface area contributed by atoms with Crippen LogP contribution in [0.3, 0.4) is 0 Å². The largest absolute Gasteiger partial charge is 0.351 e. The molecule has 0 radical (unpaired) electrons. The first kappa shape index (κ1) is 15.6. The van der Waals surface area contributed by atoms with Gasteiger partial charge >= 0.3 is 0 Å². The van der Waals surface area contributed by atoms with Crippen molar-refractivity contribution in [1.82, 2.24) is 15.3 Å². The van der Waals surface area contributed by atoms with Crippen molar-refractivity contribution < 1.29 is 4.79 Å². The fraction of sp³-hybridized carbons (Fsp3) is 0.222. The average Bonchev–Trinajstić information content (AvgIpc) is 2.94. The Hall–Kier alpha value is -2.27. The molecule has 118 valence electrons. The van der Waals surface area contributed by atoms with E-state index in [4.69, 9.17) is 0 Å². The molecular formula is C18H19N3OS. The van der Waals surface area contributed by atoms with Crippen LogP contribution in [-0.2, 0) is 11.3 Å². The van der Waals surface area contributed by atoms with E-state index in [1.54, 1.807) is 0 Å². The van der Waals surface area contributed by atoms with Crippen LogP contribution in [-0.4, -0.2) is 21.1 Å². The summed E-state index contributed by atoms with van der Waals surface area (Å²) in [4.78, 5) is 20.0. The number of nitrogens with one attached hydrogen (secondary N) is 2. The van der Waals surface area contributed by atoms with Gasteiger partial charge in [0, 0.05) is 6.54 Å². The van der Waals surface area contributed by atoms with E-state index in [9.17, 15) is 4.79 Å². The second kappa shape index (κ2) is 6.87. The van der Waals surface area contributed by atoms with Crippen LogP contribution in [0.5, 0.6) is 0 Å². The van der Waals surface area contributed by atoms with Crippen LogP contribution in [0.25, 0.3) is 11.0 Å². The van der Waals surface area contributed by atoms with Gasteiger partial charge in [0.1, 0.15) is 0 Å². The smallest absolute Gasteiger partial charge is 0.233 e. The topological polar surface area (TPSA) is 57.8 Å². The Morgan fingerprint density at radius 3 is 2.83 bits per heavy atom. The average molecular weight is 325 g/mol. The lowest BCUT2D eigenvalue weighted by Crippen LogP contribution is -2.30. The third kappa shape index (κ3) is 3.93. The minimum Gasteiger partial charge on any atom is -0.351 e. The number of fused-ring (bicyclic) bond motifs is 1. The van der Waals surface area contributed by atoms with Crippen LogP contribution < -0.4 is 5.32 Å². The molecule has 0 aliphatic carbocycles. The number of imidazole rings is 1. The maximum absolute atomic E-state index is 12.2. The molecule has 0 saturated carbocycles. The Labute approximate surface area is 139 Å². The van der Waals surface area contributed by atoms with E-state index in [2.05, 4.69) is 21.4 Å². The fourth-order valence-electron chi connectivity index (χ4n) is 2.31. The lowest BCUT2D eigenvalue weighted by molar-refractivity contribution is -0.120. The number of benzene rings is 2. The maximum atomic E-state index is 12.2. The molecule has 4 nitrogen and oxygen atoms in total. The van der Waals surface area contributed by atoms with Crippen LogP contribution in [0, 0.1) is 6.92 Å². The molecule has 1 amide bonds. The predicted octanol–water partition coefficient (Wildman–Crippen LogP) is 3.67. The molecule has 0 bridgehead atoms. The number of amides is 1. The highest BCUT2D eigenvalue weighted by Gasteiger charge is 2.16. The summed E-state index contributed by atoms with van der Waals surface area (Å²) in [5.74, 6) is 0.00971. The Balaban J connectivity index is 1.60. The number of aryl methyl sites for hydroxylation is 1. The predicted molar refractivity (Wildman–Crippen MR) is 94.4 cm³/mol. The minimum atomic E-state index is -0.208. The Morgan fingerprint density at radius 2 is 2.04 bits per heavy atom. The first-order chi connectivity index (χ1) is 11.1. The van der Waals surface area contributed by atoms with Gasteiger partial charge in [0.2, 0.25) is 5.91 Å². The number of nitrogens with zero attached hydrogens (tertiary/aromatic N) is 1. The van der Waals surface area contributed by atoms with E-state index in [1.807, 2.05) is 56.3 Å². The molecule has 23 heavy (non-hydrogen) atoms. The molecule has 5 heteroatoms. The quantitative estimate of drug-likeness (QED) is 0.704. The lowest BCUT2D eigenvalue weighted by atomic mass is 10.2. The molecule has 3 rings (SSSR count). The number of rotatable bonds is 5. The summed E-state index contributed by atoms with van der Waals surface area (Å²) in [6, 6.07) is 16.0. The van der Waals surface area contributed by atoms with Gasteiger partial charge in [-0.1, -0.05) is 48.2 Å². The van der Waals surface area contributed by atoms with Gasteiger partial charge in [0.05, 0.1) is 16.3 Å². The van der Waals surface area contributed by atoms with E-state index in [-0.39, 0.29) is 11.2 Å². The zero-order valence-electron chi connectivity index (χ0n) is 13.2. The second-order valence-corrected chi connectivity index (χ2v) is 6.86. The lowest BCUT2D eigenvalue weighted by Gasteiger charge is -2.10. The van der Waals surface area contributed by atoms with Crippen molar-refractivity contribution in [2.24, 2.45) is 0 Å². The molecule has 1 atom stereocenters. The highest BCUT2D eigenvalue weighted by Crippen LogP contribution is 2.24. The summed E-state index contributed by atoms with van der Waals surface area (Å²) in [6.45, 7) is 4.49. The Bertz CT molecular complexity index is 814. The van der Waals surface area contributed by atoms with Crippen molar-refractivity contribution in [2.45, 2.75) is 30.8 Å². The van der Waals surface area contributed by atoms with Crippen LogP contribution in [0.2, 0.25) is 0 Å². The highest BCUT2D eigenvalue weighted by molar-refractivity contribution is 8.00. The molecule has 1 heterocycles. The third-order valence-corrected chi connectivity index (χ3v) is 4.57. The van der Waals surface area contributed by atoms with Crippen LogP contribution in [0.4, 0.5) is 0 Å². The van der Waals surface area contributed by atoms with Crippen molar-refractivity contribution in [2.75, 3.05) is 0 Å². The van der Waals surface area contributed by atoms with Crippen LogP contribution >= 0.6 is 11.8 Å². The van der Waals surface area contributed by atoms with Gasteiger partial charge in [0.15, 0.2) is 5.16 Å². The standard InChI is InChI=1S/C18H19N3OS/c1-12-8-9-15-16(10-12)21-18(20-15)23-13(2)17(22)19-11-14-6-4-3-5-7-14/h3-10,13H,11H2,1-2H3,(H,19,22)(H,20,21). The number of H-pyrrole nitrogens is 1. The third-order valence-electron chi connectivity index (χ3n) is 3.58. The molecule has 0 aliphatic heterocycles. The normalized spacial score (nSPS) is 12.3. The molecule has 0 saturated heterocycles. The van der Waals surface area contributed by atoms with Gasteiger partial charge in [-0.05, 0) is 37.1 Å². The van der Waals surface area contributed by atoms with E-state index in [0.29, 0.717) is 6.54 Å². The summed E-state index contributed by atoms with van der Waals surface area (Å²) < 4.78 is 0. The van der Waals surface area contributed by atoms with Crippen molar-refractivity contribution in [1.29, 1.82) is 0 Å². The van der Waals surface area contributed by atoms with Crippen LogP contribution in [0.1, 0.15) is 18.1 Å². The summed E-state index contributed by atoms with van der Waals surface area (Å²) in [5, 5.41) is 3.52. The highest BCUT2D eigenvalue weighted by atomic mass is 32.2. The van der Waals surface area contributed by atoms with Gasteiger partial charge in [-0.15, -0.1) is 0 Å². The van der Waals surface area contributed by atoms with Crippen molar-refractivity contribution in [3.8, 4) is 0 Å². The van der Waals surface area contributed by atoms with E-state index < -0.39 is 0 Å². The number of hydrogen-bond donors (Lipinski definition) is 2. The molecule has 2 N–H and O–H groups in total. The number of aromatic nitrogens is 2. The van der Waals surface area contributed by atoms with Gasteiger partial charge in [0.25, 0.3) is 0 Å². The fourth-order valence-corrected chi connectivity index (χ4v) is 3.15. The molecular weight excluding hydrogens is 306 g/mol. The first-order valence-corrected chi connectivity index (χ1v) is 8.44. The van der Waals surface area contributed by atoms with E-state index in [1.165, 1.54) is 17.3 Å². The zero-order chi connectivity index (χ0) is 16.2. The van der Waals surface area contributed by atoms with Crippen molar-refractivity contribution in [3.05, 3.63) is 59.7 Å². The Morgan fingerprint density at radius 1 is 1.26 bits per heavy atom. The van der Waals surface area contributed by atoms with Crippen molar-refractivity contribution >= 4 is 28.7 Å².